The zero-order valence-corrected chi connectivity index (χ0v) is 24.9. The molecule has 2 aromatic heterocycles. The number of nitrogens with zero attached hydrogens (tertiary/aromatic N) is 5. The summed E-state index contributed by atoms with van der Waals surface area (Å²) in [7, 11) is -0.764. The summed E-state index contributed by atoms with van der Waals surface area (Å²) in [5.41, 5.74) is -1.17. The van der Waals surface area contributed by atoms with Crippen molar-refractivity contribution in [3.8, 4) is 5.75 Å². The van der Waals surface area contributed by atoms with Gasteiger partial charge in [-0.3, -0.25) is 13.9 Å². The van der Waals surface area contributed by atoms with Crippen LogP contribution in [-0.4, -0.2) is 87.7 Å². The lowest BCUT2D eigenvalue weighted by molar-refractivity contribution is -0.144. The van der Waals surface area contributed by atoms with Crippen molar-refractivity contribution in [2.75, 3.05) is 38.1 Å². The van der Waals surface area contributed by atoms with Crippen LogP contribution in [0.15, 0.2) is 36.7 Å². The average molecular weight is 615 g/mol. The molecule has 0 amide bonds. The number of aliphatic hydroxyl groups excluding tert-OH is 1. The molecule has 0 bridgehead atoms. The molecule has 1 aliphatic rings. The highest BCUT2D eigenvalue weighted by atomic mass is 35.5. The van der Waals surface area contributed by atoms with Crippen molar-refractivity contribution in [3.05, 3.63) is 42.5 Å². The van der Waals surface area contributed by atoms with Crippen LogP contribution in [0.2, 0.25) is 0 Å². The molecular weight excluding hydrogens is 582 g/mol. The number of alkyl halides is 2. The first kappa shape index (κ1) is 31.1. The summed E-state index contributed by atoms with van der Waals surface area (Å²) in [5, 5.41) is 13.5. The minimum absolute atomic E-state index is 0.105. The van der Waals surface area contributed by atoms with Crippen LogP contribution in [0, 0.1) is 6.92 Å². The Bertz CT molecular complexity index is 1420. The van der Waals surface area contributed by atoms with E-state index in [1.54, 1.807) is 51.0 Å². The summed E-state index contributed by atoms with van der Waals surface area (Å²) in [6, 6.07) is 7.01. The topological polar surface area (TPSA) is 150 Å². The van der Waals surface area contributed by atoms with Gasteiger partial charge in [0, 0.05) is 14.1 Å². The van der Waals surface area contributed by atoms with Gasteiger partial charge in [0.15, 0.2) is 29.4 Å². The molecule has 3 heterocycles. The number of hydrogen-bond acceptors (Lipinski definition) is 11. The average Bonchev–Trinajstić information content (AvgIpc) is 3.46. The number of para-hydroxylation sites is 1. The van der Waals surface area contributed by atoms with Gasteiger partial charge in [-0.15, -0.1) is 11.6 Å². The molecule has 0 spiro atoms. The number of anilines is 1. The van der Waals surface area contributed by atoms with Crippen LogP contribution in [0.3, 0.4) is 0 Å². The van der Waals surface area contributed by atoms with E-state index in [1.807, 2.05) is 0 Å². The molecule has 3 aromatic rings. The van der Waals surface area contributed by atoms with Crippen molar-refractivity contribution in [1.29, 1.82) is 0 Å². The van der Waals surface area contributed by atoms with Crippen molar-refractivity contribution < 1.29 is 37.4 Å². The number of carbonyl (C=O) groups excluding carboxylic acids is 1. The van der Waals surface area contributed by atoms with Crippen molar-refractivity contribution >= 4 is 42.3 Å². The van der Waals surface area contributed by atoms with Gasteiger partial charge in [0.05, 0.1) is 25.4 Å². The molecule has 0 saturated carbocycles. The summed E-state index contributed by atoms with van der Waals surface area (Å²) >= 11 is 6.23. The van der Waals surface area contributed by atoms with Crippen LogP contribution < -0.4 is 14.5 Å². The fraction of sp³-hybridized carbons (Fsp3) is 0.520. The lowest BCUT2D eigenvalue weighted by atomic mass is 9.99. The Morgan fingerprint density at radius 1 is 1.34 bits per heavy atom. The third kappa shape index (κ3) is 6.47. The van der Waals surface area contributed by atoms with Crippen molar-refractivity contribution in [3.63, 3.8) is 0 Å². The SMILES string of the molecule is CCOC(=O)[C@H](C)N[P@@](=O)(OC[C@@]1(CCl)O[C@@H](n2cnc3c(N(C)C)nc(C)nc32)[C@H](F)[C@@H]1O)Oc1ccccc1. The largest absolute Gasteiger partial charge is 0.465 e. The maximum absolute atomic E-state index is 15.7. The minimum Gasteiger partial charge on any atom is -0.465 e. The second kappa shape index (κ2) is 12.6. The second-order valence-corrected chi connectivity index (χ2v) is 11.6. The van der Waals surface area contributed by atoms with Crippen LogP contribution in [0.1, 0.15) is 25.9 Å². The number of imidazole rings is 1. The molecule has 16 heteroatoms. The number of nitrogens with one attached hydrogen (secondary N) is 1. The van der Waals surface area contributed by atoms with E-state index in [-0.39, 0.29) is 18.0 Å². The normalized spacial score (nSPS) is 24.6. The lowest BCUT2D eigenvalue weighted by Gasteiger charge is -2.31. The Labute approximate surface area is 241 Å². The number of rotatable bonds is 12. The Kier molecular flexibility index (Phi) is 9.52. The Balaban J connectivity index is 1.62. The Hall–Kier alpha value is -2.87. The number of benzene rings is 1. The molecule has 0 aliphatic carbocycles. The minimum atomic E-state index is -4.34. The van der Waals surface area contributed by atoms with Crippen LogP contribution in [-0.2, 0) is 23.4 Å². The van der Waals surface area contributed by atoms with E-state index in [1.165, 1.54) is 30.0 Å². The molecule has 1 aromatic carbocycles. The summed E-state index contributed by atoms with van der Waals surface area (Å²) in [6.07, 6.45) is -3.85. The zero-order chi connectivity index (χ0) is 29.9. The van der Waals surface area contributed by atoms with Gasteiger partial charge in [0.25, 0.3) is 0 Å². The van der Waals surface area contributed by atoms with E-state index in [0.717, 1.165) is 0 Å². The number of ether oxygens (including phenoxy) is 2. The van der Waals surface area contributed by atoms with Gasteiger partial charge < -0.3 is 24.0 Å². The highest BCUT2D eigenvalue weighted by Crippen LogP contribution is 2.49. The molecule has 0 radical (unpaired) electrons. The number of carbonyl (C=O) groups is 1. The van der Waals surface area contributed by atoms with Gasteiger partial charge in [-0.25, -0.2) is 23.9 Å². The highest BCUT2D eigenvalue weighted by molar-refractivity contribution is 7.52. The first-order valence-electron chi connectivity index (χ1n) is 12.8. The zero-order valence-electron chi connectivity index (χ0n) is 23.2. The van der Waals surface area contributed by atoms with E-state index < -0.39 is 56.3 Å². The molecule has 1 saturated heterocycles. The number of hydrogen-bond donors (Lipinski definition) is 2. The number of fused-ring (bicyclic) bond motifs is 1. The molecule has 0 unspecified atom stereocenters. The van der Waals surface area contributed by atoms with Gasteiger partial charge >= 0.3 is 13.7 Å². The predicted octanol–water partition coefficient (Wildman–Crippen LogP) is 3.15. The van der Waals surface area contributed by atoms with Crippen molar-refractivity contribution in [1.82, 2.24) is 24.6 Å². The fourth-order valence-electron chi connectivity index (χ4n) is 4.27. The standard InChI is InChI=1S/C25H33ClFN6O7P/c1-6-37-24(35)15(2)31-41(36,40-17-10-8-7-9-11-17)38-13-25(12-26)20(34)18(27)23(39-25)33-14-28-19-21(32(4)5)29-16(3)30-22(19)33/h7-11,14-15,18,20,23,34H,6,12-13H2,1-5H3,(H,31,36)/t15-,18+,20-,23+,25+,41+/m0/s1. The number of aryl methyl sites for hydroxylation is 1. The van der Waals surface area contributed by atoms with Gasteiger partial charge in [-0.1, -0.05) is 18.2 Å². The number of esters is 1. The van der Waals surface area contributed by atoms with E-state index in [0.29, 0.717) is 17.2 Å². The van der Waals surface area contributed by atoms with E-state index in [2.05, 4.69) is 20.0 Å². The molecule has 2 N–H and O–H groups in total. The molecule has 1 fully saturated rings. The maximum atomic E-state index is 15.7. The molecule has 4 rings (SSSR count). The van der Waals surface area contributed by atoms with Crippen LogP contribution in [0.25, 0.3) is 11.2 Å². The second-order valence-electron chi connectivity index (χ2n) is 9.69. The fourth-order valence-corrected chi connectivity index (χ4v) is 6.11. The van der Waals surface area contributed by atoms with Crippen molar-refractivity contribution in [2.45, 2.75) is 50.9 Å². The first-order valence-corrected chi connectivity index (χ1v) is 14.9. The molecule has 41 heavy (non-hydrogen) atoms. The van der Waals surface area contributed by atoms with Gasteiger partial charge in [-0.2, -0.15) is 5.09 Å². The monoisotopic (exact) mass is 614 g/mol. The number of aliphatic hydroxyl groups is 1. The third-order valence-electron chi connectivity index (χ3n) is 6.35. The summed E-state index contributed by atoms with van der Waals surface area (Å²) in [6.45, 7) is 4.18. The lowest BCUT2D eigenvalue weighted by Crippen LogP contribution is -2.48. The van der Waals surface area contributed by atoms with E-state index in [9.17, 15) is 14.5 Å². The van der Waals surface area contributed by atoms with Gasteiger partial charge in [-0.05, 0) is 32.9 Å². The number of halogens is 2. The molecule has 224 valence electrons. The van der Waals surface area contributed by atoms with E-state index >= 15 is 4.39 Å². The summed E-state index contributed by atoms with van der Waals surface area (Å²) < 4.78 is 53.2. The van der Waals surface area contributed by atoms with Crippen molar-refractivity contribution in [2.24, 2.45) is 0 Å². The van der Waals surface area contributed by atoms with E-state index in [4.69, 9.17) is 30.1 Å². The van der Waals surface area contributed by atoms with Crippen LogP contribution >= 0.6 is 19.3 Å². The quantitative estimate of drug-likeness (QED) is 0.175. The smallest absolute Gasteiger partial charge is 0.459 e. The summed E-state index contributed by atoms with van der Waals surface area (Å²) in [4.78, 5) is 27.1. The Morgan fingerprint density at radius 3 is 2.68 bits per heavy atom. The highest BCUT2D eigenvalue weighted by Gasteiger charge is 2.57. The number of aromatic nitrogens is 4. The van der Waals surface area contributed by atoms with Gasteiger partial charge in [0.1, 0.15) is 29.3 Å². The Morgan fingerprint density at radius 2 is 2.05 bits per heavy atom. The maximum Gasteiger partial charge on any atom is 0.459 e. The molecule has 1 aliphatic heterocycles. The molecule has 13 nitrogen and oxygen atoms in total. The first-order chi connectivity index (χ1) is 19.4. The van der Waals surface area contributed by atoms with Crippen LogP contribution in [0.4, 0.5) is 10.2 Å². The van der Waals surface area contributed by atoms with Gasteiger partial charge in [0.2, 0.25) is 0 Å². The molecular formula is C25H33ClFN6O7P. The summed E-state index contributed by atoms with van der Waals surface area (Å²) in [5.74, 6) is -0.0157. The molecule has 6 atom stereocenters. The van der Waals surface area contributed by atoms with Crippen LogP contribution in [0.5, 0.6) is 5.75 Å². The predicted molar refractivity (Wildman–Crippen MR) is 149 cm³/mol. The third-order valence-corrected chi connectivity index (χ3v) is 8.42.